The average Bonchev–Trinajstić information content (AvgIpc) is 2.28. The van der Waals surface area contributed by atoms with Crippen LogP contribution in [0.1, 0.15) is 24.3 Å². The van der Waals surface area contributed by atoms with Crippen molar-refractivity contribution in [3.05, 3.63) is 35.9 Å². The highest BCUT2D eigenvalue weighted by Gasteiger charge is 2.29. The minimum atomic E-state index is 0.563. The number of benzene rings is 1. The summed E-state index contributed by atoms with van der Waals surface area (Å²) in [7, 11) is 1.79. The third-order valence-electron chi connectivity index (χ3n) is 3.22. The molecular weight excluding hydrogens is 200 g/mol. The quantitative estimate of drug-likeness (QED) is 0.601. The Morgan fingerprint density at radius 1 is 1.38 bits per heavy atom. The van der Waals surface area contributed by atoms with E-state index in [1.54, 1.807) is 11.9 Å². The summed E-state index contributed by atoms with van der Waals surface area (Å²) in [4.78, 5) is 12.0. The van der Waals surface area contributed by atoms with E-state index < -0.39 is 0 Å². The zero-order chi connectivity index (χ0) is 11.4. The van der Waals surface area contributed by atoms with Gasteiger partial charge in [0.25, 0.3) is 0 Å². The Morgan fingerprint density at radius 2 is 2.06 bits per heavy atom. The Morgan fingerprint density at radius 3 is 2.69 bits per heavy atom. The van der Waals surface area contributed by atoms with Crippen LogP contribution >= 0.6 is 0 Å². The first-order valence-corrected chi connectivity index (χ1v) is 5.73. The predicted molar refractivity (Wildman–Crippen MR) is 64.0 cm³/mol. The SMILES string of the molecule is CN(C=O)CNC1CC(c2ccccc2)C1. The number of nitrogens with one attached hydrogen (secondary N) is 1. The summed E-state index contributed by atoms with van der Waals surface area (Å²) in [5.74, 6) is 0.695. The van der Waals surface area contributed by atoms with Gasteiger partial charge in [-0.1, -0.05) is 30.3 Å². The molecule has 0 aliphatic heterocycles. The molecule has 3 nitrogen and oxygen atoms in total. The van der Waals surface area contributed by atoms with Gasteiger partial charge in [0, 0.05) is 13.1 Å². The molecule has 0 spiro atoms. The highest BCUT2D eigenvalue weighted by molar-refractivity contribution is 5.46. The molecule has 16 heavy (non-hydrogen) atoms. The summed E-state index contributed by atoms with van der Waals surface area (Å²) in [6, 6.07) is 11.2. The molecule has 0 bridgehead atoms. The van der Waals surface area contributed by atoms with Crippen molar-refractivity contribution in [2.45, 2.75) is 24.8 Å². The number of rotatable bonds is 5. The summed E-state index contributed by atoms with van der Waals surface area (Å²) in [5, 5.41) is 3.36. The Bertz CT molecular complexity index is 333. The first kappa shape index (κ1) is 11.1. The fraction of sp³-hybridized carbons (Fsp3) is 0.462. The van der Waals surface area contributed by atoms with Crippen LogP contribution in [0.3, 0.4) is 0 Å². The van der Waals surface area contributed by atoms with Gasteiger partial charge in [0.05, 0.1) is 6.67 Å². The fourth-order valence-corrected chi connectivity index (χ4v) is 2.09. The van der Waals surface area contributed by atoms with Crippen molar-refractivity contribution in [3.63, 3.8) is 0 Å². The summed E-state index contributed by atoms with van der Waals surface area (Å²) >= 11 is 0. The second-order valence-electron chi connectivity index (χ2n) is 4.50. The lowest BCUT2D eigenvalue weighted by Crippen LogP contribution is -2.44. The zero-order valence-electron chi connectivity index (χ0n) is 9.60. The van der Waals surface area contributed by atoms with E-state index in [1.165, 1.54) is 18.4 Å². The molecule has 1 fully saturated rings. The Balaban J connectivity index is 1.72. The Hall–Kier alpha value is -1.35. The van der Waals surface area contributed by atoms with Gasteiger partial charge >= 0.3 is 0 Å². The summed E-state index contributed by atoms with van der Waals surface area (Å²) in [5.41, 5.74) is 1.43. The number of nitrogens with zero attached hydrogens (tertiary/aromatic N) is 1. The number of hydrogen-bond acceptors (Lipinski definition) is 2. The van der Waals surface area contributed by atoms with Gasteiger partial charge in [-0.3, -0.25) is 10.1 Å². The minimum absolute atomic E-state index is 0.563. The number of carbonyl (C=O) groups excluding carboxylic acids is 1. The van der Waals surface area contributed by atoms with Crippen LogP contribution in [0, 0.1) is 0 Å². The molecular formula is C13H18N2O. The van der Waals surface area contributed by atoms with Gasteiger partial charge < -0.3 is 4.90 Å². The second kappa shape index (κ2) is 5.12. The molecule has 0 atom stereocenters. The van der Waals surface area contributed by atoms with Gasteiger partial charge in [-0.2, -0.15) is 0 Å². The van der Waals surface area contributed by atoms with Gasteiger partial charge in [0.15, 0.2) is 0 Å². The van der Waals surface area contributed by atoms with Crippen LogP contribution in [0.5, 0.6) is 0 Å². The molecule has 1 aromatic rings. The first-order chi connectivity index (χ1) is 7.79. The number of hydrogen-bond donors (Lipinski definition) is 1. The maximum absolute atomic E-state index is 10.4. The molecule has 0 unspecified atom stereocenters. The van der Waals surface area contributed by atoms with E-state index in [0.29, 0.717) is 18.6 Å². The largest absolute Gasteiger partial charge is 0.336 e. The van der Waals surface area contributed by atoms with Gasteiger partial charge in [0.2, 0.25) is 6.41 Å². The summed E-state index contributed by atoms with van der Waals surface area (Å²) in [6.07, 6.45) is 3.20. The smallest absolute Gasteiger partial charge is 0.210 e. The molecule has 0 aromatic heterocycles. The molecule has 1 aliphatic rings. The molecule has 3 heteroatoms. The van der Waals surface area contributed by atoms with Crippen LogP contribution in [0.2, 0.25) is 0 Å². The van der Waals surface area contributed by atoms with Gasteiger partial charge in [-0.05, 0) is 24.3 Å². The Labute approximate surface area is 96.5 Å². The van der Waals surface area contributed by atoms with Crippen LogP contribution < -0.4 is 5.32 Å². The zero-order valence-corrected chi connectivity index (χ0v) is 9.60. The standard InChI is InChI=1S/C13H18N2O/c1-15(10-16)9-14-13-7-12(8-13)11-5-3-2-4-6-11/h2-6,10,12-14H,7-9H2,1H3. The minimum Gasteiger partial charge on any atom is -0.336 e. The van der Waals surface area contributed by atoms with Crippen LogP contribution in [0.4, 0.5) is 0 Å². The lowest BCUT2D eigenvalue weighted by atomic mass is 9.76. The van der Waals surface area contributed by atoms with Crippen LogP contribution in [-0.4, -0.2) is 31.1 Å². The van der Waals surface area contributed by atoms with E-state index in [-0.39, 0.29) is 0 Å². The van der Waals surface area contributed by atoms with E-state index in [1.807, 2.05) is 0 Å². The summed E-state index contributed by atoms with van der Waals surface area (Å²) in [6.45, 7) is 0.648. The molecule has 0 saturated heterocycles. The maximum atomic E-state index is 10.4. The fourth-order valence-electron chi connectivity index (χ4n) is 2.09. The molecule has 1 N–H and O–H groups in total. The molecule has 0 heterocycles. The molecule has 1 aliphatic carbocycles. The highest BCUT2D eigenvalue weighted by Crippen LogP contribution is 2.36. The van der Waals surface area contributed by atoms with E-state index in [0.717, 1.165) is 6.41 Å². The van der Waals surface area contributed by atoms with Crippen molar-refractivity contribution in [2.75, 3.05) is 13.7 Å². The monoisotopic (exact) mass is 218 g/mol. The van der Waals surface area contributed by atoms with Crippen molar-refractivity contribution < 1.29 is 4.79 Å². The third-order valence-corrected chi connectivity index (χ3v) is 3.22. The van der Waals surface area contributed by atoms with Gasteiger partial charge in [-0.25, -0.2) is 0 Å². The molecule has 1 aromatic carbocycles. The van der Waals surface area contributed by atoms with Crippen LogP contribution in [0.15, 0.2) is 30.3 Å². The van der Waals surface area contributed by atoms with Crippen molar-refractivity contribution in [3.8, 4) is 0 Å². The summed E-state index contributed by atoms with van der Waals surface area (Å²) < 4.78 is 0. The van der Waals surface area contributed by atoms with Crippen LogP contribution in [0.25, 0.3) is 0 Å². The van der Waals surface area contributed by atoms with Crippen molar-refractivity contribution in [1.29, 1.82) is 0 Å². The van der Waals surface area contributed by atoms with Crippen LogP contribution in [-0.2, 0) is 4.79 Å². The van der Waals surface area contributed by atoms with E-state index in [4.69, 9.17) is 0 Å². The molecule has 1 saturated carbocycles. The van der Waals surface area contributed by atoms with Gasteiger partial charge in [0.1, 0.15) is 0 Å². The lowest BCUT2D eigenvalue weighted by Gasteiger charge is -2.37. The topological polar surface area (TPSA) is 32.3 Å². The van der Waals surface area contributed by atoms with E-state index >= 15 is 0 Å². The normalized spacial score (nSPS) is 23.6. The lowest BCUT2D eigenvalue weighted by molar-refractivity contribution is -0.117. The second-order valence-corrected chi connectivity index (χ2v) is 4.50. The molecule has 2 rings (SSSR count). The van der Waals surface area contributed by atoms with Crippen molar-refractivity contribution in [1.82, 2.24) is 10.2 Å². The molecule has 1 amide bonds. The molecule has 0 radical (unpaired) electrons. The van der Waals surface area contributed by atoms with E-state index in [2.05, 4.69) is 35.6 Å². The van der Waals surface area contributed by atoms with Crippen molar-refractivity contribution >= 4 is 6.41 Å². The Kier molecular flexibility index (Phi) is 3.57. The number of amides is 1. The number of carbonyl (C=O) groups is 1. The van der Waals surface area contributed by atoms with Crippen molar-refractivity contribution in [2.24, 2.45) is 0 Å². The first-order valence-electron chi connectivity index (χ1n) is 5.73. The van der Waals surface area contributed by atoms with E-state index in [9.17, 15) is 4.79 Å². The highest BCUT2D eigenvalue weighted by atomic mass is 16.1. The average molecular weight is 218 g/mol. The third kappa shape index (κ3) is 2.61. The molecule has 86 valence electrons. The predicted octanol–water partition coefficient (Wildman–Crippen LogP) is 1.57. The van der Waals surface area contributed by atoms with Gasteiger partial charge in [-0.15, -0.1) is 0 Å². The maximum Gasteiger partial charge on any atom is 0.210 e.